The highest BCUT2D eigenvalue weighted by atomic mass is 32.2. The molecule has 5 rings (SSSR count). The van der Waals surface area contributed by atoms with Crippen LogP contribution >= 0.6 is 0 Å². The van der Waals surface area contributed by atoms with Crippen molar-refractivity contribution in [3.8, 4) is 5.75 Å². The lowest BCUT2D eigenvalue weighted by Gasteiger charge is -2.31. The first-order valence-electron chi connectivity index (χ1n) is 18.1. The molecule has 3 aromatic carbocycles. The lowest BCUT2D eigenvalue weighted by atomic mass is 9.99. The number of carbonyl (C=O) groups excluding carboxylic acids is 2. The fraction of sp³-hybridized carbons (Fsp3) is 0.450. The molecule has 52 heavy (non-hydrogen) atoms. The van der Waals surface area contributed by atoms with Crippen molar-refractivity contribution < 1.29 is 32.6 Å². The van der Waals surface area contributed by atoms with Crippen molar-refractivity contribution in [3.63, 3.8) is 0 Å². The Morgan fingerprint density at radius 1 is 0.981 bits per heavy atom. The van der Waals surface area contributed by atoms with Gasteiger partial charge in [0.05, 0.1) is 31.1 Å². The second kappa shape index (κ2) is 18.5. The minimum absolute atomic E-state index is 0.0652. The predicted molar refractivity (Wildman–Crippen MR) is 201 cm³/mol. The number of nitrogens with zero attached hydrogens (tertiary/aromatic N) is 2. The van der Waals surface area contributed by atoms with Crippen molar-refractivity contribution in [2.75, 3.05) is 33.0 Å². The normalized spacial score (nSPS) is 23.2. The monoisotopic (exact) mass is 732 g/mol. The molecule has 2 bridgehead atoms. The summed E-state index contributed by atoms with van der Waals surface area (Å²) in [5.41, 5.74) is 3.67. The molecule has 0 saturated heterocycles. The van der Waals surface area contributed by atoms with E-state index < -0.39 is 40.2 Å². The number of β-amino-alcohol motifs (C(OH)–C–C–N with tert-alkyl or cyclic N) is 1. The van der Waals surface area contributed by atoms with Gasteiger partial charge in [-0.05, 0) is 60.1 Å². The number of ether oxygens (including phenoxy) is 2. The van der Waals surface area contributed by atoms with Gasteiger partial charge in [0.15, 0.2) is 0 Å². The van der Waals surface area contributed by atoms with E-state index in [1.54, 1.807) is 24.2 Å². The summed E-state index contributed by atoms with van der Waals surface area (Å²) in [6, 6.07) is 22.4. The van der Waals surface area contributed by atoms with Crippen molar-refractivity contribution in [1.82, 2.24) is 19.8 Å². The molecule has 11 nitrogen and oxygen atoms in total. The van der Waals surface area contributed by atoms with Crippen molar-refractivity contribution in [2.45, 2.75) is 82.3 Å². The number of unbranched alkanes of at least 4 members (excludes halogenated alkanes) is 2. The van der Waals surface area contributed by atoms with Crippen molar-refractivity contribution in [2.24, 2.45) is 0 Å². The number of benzene rings is 3. The highest BCUT2D eigenvalue weighted by Gasteiger charge is 2.39. The van der Waals surface area contributed by atoms with Crippen molar-refractivity contribution >= 4 is 22.0 Å². The Bertz CT molecular complexity index is 1760. The van der Waals surface area contributed by atoms with Gasteiger partial charge in [0, 0.05) is 26.2 Å². The van der Waals surface area contributed by atoms with Crippen LogP contribution in [0.25, 0.3) is 0 Å². The zero-order valence-electron chi connectivity index (χ0n) is 30.3. The fourth-order valence-corrected chi connectivity index (χ4v) is 8.35. The molecule has 3 aromatic rings. The molecule has 1 aliphatic heterocycles. The van der Waals surface area contributed by atoms with Gasteiger partial charge in [0.2, 0.25) is 15.9 Å². The molecule has 0 radical (unpaired) electrons. The highest BCUT2D eigenvalue weighted by molar-refractivity contribution is 7.89. The molecule has 2 unspecified atom stereocenters. The Kier molecular flexibility index (Phi) is 13.9. The minimum Gasteiger partial charge on any atom is -0.497 e. The third kappa shape index (κ3) is 10.0. The Labute approximate surface area is 308 Å². The van der Waals surface area contributed by atoms with E-state index in [1.165, 1.54) is 7.05 Å². The molecule has 3 N–H and O–H groups in total. The van der Waals surface area contributed by atoms with Crippen LogP contribution in [-0.2, 0) is 32.6 Å². The molecule has 1 heterocycles. The Morgan fingerprint density at radius 2 is 1.69 bits per heavy atom. The Hall–Kier alpha value is -4.23. The van der Waals surface area contributed by atoms with Gasteiger partial charge in [-0.3, -0.25) is 9.69 Å². The predicted octanol–water partition coefficient (Wildman–Crippen LogP) is 5.28. The number of hydrogen-bond acceptors (Lipinski definition) is 8. The number of aliphatic hydroxyl groups excluding tert-OH is 1. The summed E-state index contributed by atoms with van der Waals surface area (Å²) >= 11 is 0. The average Bonchev–Trinajstić information content (AvgIpc) is 3.51. The largest absolute Gasteiger partial charge is 0.497 e. The number of sulfonamides is 1. The molecule has 1 aliphatic carbocycles. The molecular weight excluding hydrogens is 681 g/mol. The standard InChI is InChI=1S/C40H52N4O7S/c1-4-5-14-23-52(48,49)43(2)36-19-12-13-22-44(40(47)51-28-30-17-10-7-11-18-30)37-26-34(33-25-31(50-3)20-21-32(33)37)41-27-38(45)35(42-39(36)46)24-29-15-8-6-9-16-29/h6-13,15-18,20-21,25,34-38,41,45H,4-5,14,19,22-24,26-28H2,1-3H3,(H,42,46)/b13-12-/t34?,35-,36-,37?,38+/m0/s1. The van der Waals surface area contributed by atoms with Crippen LogP contribution in [0.1, 0.15) is 73.4 Å². The van der Waals surface area contributed by atoms with E-state index >= 15 is 0 Å². The van der Waals surface area contributed by atoms with E-state index in [0.29, 0.717) is 25.0 Å². The number of amides is 2. The third-order valence-electron chi connectivity index (χ3n) is 9.98. The maximum Gasteiger partial charge on any atom is 0.410 e. The number of likely N-dealkylation sites (N-methyl/N-ethyl adjacent to an activating group) is 1. The summed E-state index contributed by atoms with van der Waals surface area (Å²) in [7, 11) is -0.729. The van der Waals surface area contributed by atoms with Crippen LogP contribution < -0.4 is 15.4 Å². The van der Waals surface area contributed by atoms with E-state index in [2.05, 4.69) is 10.6 Å². The Morgan fingerprint density at radius 3 is 2.38 bits per heavy atom. The van der Waals surface area contributed by atoms with Gasteiger partial charge in [-0.1, -0.05) is 98.6 Å². The smallest absolute Gasteiger partial charge is 0.410 e. The van der Waals surface area contributed by atoms with Crippen LogP contribution in [-0.4, -0.2) is 85.9 Å². The first kappa shape index (κ1) is 39.0. The summed E-state index contributed by atoms with van der Waals surface area (Å²) in [5.74, 6) is 0.101. The van der Waals surface area contributed by atoms with Crippen LogP contribution in [0.3, 0.4) is 0 Å². The molecule has 280 valence electrons. The number of rotatable bonds is 11. The van der Waals surface area contributed by atoms with Gasteiger partial charge in [-0.15, -0.1) is 0 Å². The van der Waals surface area contributed by atoms with Crippen molar-refractivity contribution in [1.29, 1.82) is 0 Å². The van der Waals surface area contributed by atoms with Crippen LogP contribution in [0, 0.1) is 0 Å². The summed E-state index contributed by atoms with van der Waals surface area (Å²) in [4.78, 5) is 29.6. The zero-order valence-corrected chi connectivity index (χ0v) is 31.1. The highest BCUT2D eigenvalue weighted by Crippen LogP contribution is 2.44. The number of hydrogen-bond donors (Lipinski definition) is 3. The van der Waals surface area contributed by atoms with Crippen LogP contribution in [0.5, 0.6) is 5.75 Å². The number of methoxy groups -OCH3 is 1. The molecule has 2 aliphatic rings. The van der Waals surface area contributed by atoms with Crippen LogP contribution in [0.2, 0.25) is 0 Å². The van der Waals surface area contributed by atoms with Gasteiger partial charge >= 0.3 is 6.09 Å². The maximum absolute atomic E-state index is 14.1. The number of aliphatic hydroxyl groups is 1. The lowest BCUT2D eigenvalue weighted by Crippen LogP contribution is -2.55. The van der Waals surface area contributed by atoms with Gasteiger partial charge in [-0.2, -0.15) is 4.31 Å². The van der Waals surface area contributed by atoms with Gasteiger partial charge in [0.1, 0.15) is 18.4 Å². The molecule has 12 heteroatoms. The summed E-state index contributed by atoms with van der Waals surface area (Å²) in [6.07, 6.45) is 5.04. The summed E-state index contributed by atoms with van der Waals surface area (Å²) in [5, 5.41) is 18.2. The first-order chi connectivity index (χ1) is 25.1. The molecule has 0 saturated carbocycles. The molecule has 5 atom stereocenters. The maximum atomic E-state index is 14.1. The molecule has 0 fully saturated rings. The van der Waals surface area contributed by atoms with E-state index in [1.807, 2.05) is 85.8 Å². The SMILES string of the molecule is CCCCCS(=O)(=O)N(C)[C@H]1C/C=C\CN(C(=O)OCc2ccccc2)C2CC(NC[C@@H](O)[C@H](Cc3ccccc3)NC1=O)c1cc(OC)ccc12. The van der Waals surface area contributed by atoms with Crippen molar-refractivity contribution in [3.05, 3.63) is 113 Å². The van der Waals surface area contributed by atoms with E-state index in [4.69, 9.17) is 9.47 Å². The first-order valence-corrected chi connectivity index (χ1v) is 19.7. The zero-order chi connectivity index (χ0) is 37.1. The lowest BCUT2D eigenvalue weighted by molar-refractivity contribution is -0.126. The second-order valence-corrected chi connectivity index (χ2v) is 15.7. The third-order valence-corrected chi connectivity index (χ3v) is 11.9. The number of carbonyl (C=O) groups is 2. The molecule has 0 aromatic heterocycles. The van der Waals surface area contributed by atoms with Gasteiger partial charge in [-0.25, -0.2) is 13.2 Å². The van der Waals surface area contributed by atoms with E-state index in [-0.39, 0.29) is 44.0 Å². The quantitative estimate of drug-likeness (QED) is 0.179. The average molecular weight is 733 g/mol. The molecule has 0 spiro atoms. The van der Waals surface area contributed by atoms with Gasteiger partial charge < -0.3 is 25.2 Å². The molecule has 2 amide bonds. The van der Waals surface area contributed by atoms with E-state index in [9.17, 15) is 23.1 Å². The second-order valence-electron chi connectivity index (χ2n) is 13.5. The molecular formula is C40H52N4O7S. The Balaban J connectivity index is 1.50. The van der Waals surface area contributed by atoms with Crippen LogP contribution in [0.4, 0.5) is 4.79 Å². The van der Waals surface area contributed by atoms with Crippen LogP contribution in [0.15, 0.2) is 91.0 Å². The fourth-order valence-electron chi connectivity index (χ4n) is 6.92. The van der Waals surface area contributed by atoms with E-state index in [0.717, 1.165) is 39.4 Å². The summed E-state index contributed by atoms with van der Waals surface area (Å²) < 4.78 is 39.5. The summed E-state index contributed by atoms with van der Waals surface area (Å²) in [6.45, 7) is 2.39. The topological polar surface area (TPSA) is 138 Å². The minimum atomic E-state index is -3.77. The van der Waals surface area contributed by atoms with Gasteiger partial charge in [0.25, 0.3) is 0 Å². The number of nitrogens with one attached hydrogen (secondary N) is 2. The number of fused-ring (bicyclic) bond motifs is 5.